The molecule has 3 N–H and O–H groups in total. The van der Waals surface area contributed by atoms with Crippen molar-refractivity contribution in [3.05, 3.63) is 53.2 Å². The molecule has 2 aromatic rings. The first-order valence-corrected chi connectivity index (χ1v) is 8.44. The molecule has 0 aliphatic carbocycles. The normalized spacial score (nSPS) is 12.2. The van der Waals surface area contributed by atoms with Crippen molar-refractivity contribution < 1.29 is 18.8 Å². The largest absolute Gasteiger partial charge is 0.387 e. The zero-order valence-electron chi connectivity index (χ0n) is 14.5. The molecule has 0 radical (unpaired) electrons. The summed E-state index contributed by atoms with van der Waals surface area (Å²) in [5, 5.41) is 19.2. The van der Waals surface area contributed by atoms with Gasteiger partial charge in [0.05, 0.1) is 18.3 Å². The molecule has 6 nitrogen and oxygen atoms in total. The Kier molecular flexibility index (Phi) is 6.94. The average Bonchev–Trinajstić information content (AvgIpc) is 3.08. The maximum absolute atomic E-state index is 12.8. The Morgan fingerprint density at radius 1 is 1.24 bits per heavy atom. The van der Waals surface area contributed by atoms with E-state index in [-0.39, 0.29) is 18.9 Å². The number of aromatic nitrogens is 1. The molecular formula is C18H24FN3O3. The van der Waals surface area contributed by atoms with E-state index in [4.69, 9.17) is 4.52 Å². The number of carbonyl (C=O) groups is 1. The fourth-order valence-electron chi connectivity index (χ4n) is 2.53. The van der Waals surface area contributed by atoms with E-state index in [2.05, 4.69) is 29.6 Å². The molecule has 1 aromatic carbocycles. The van der Waals surface area contributed by atoms with Crippen LogP contribution in [0, 0.1) is 5.82 Å². The molecule has 1 aromatic heterocycles. The Morgan fingerprint density at radius 3 is 2.56 bits per heavy atom. The van der Waals surface area contributed by atoms with Crippen LogP contribution < -0.4 is 10.6 Å². The van der Waals surface area contributed by atoms with Gasteiger partial charge in [0.1, 0.15) is 5.82 Å². The molecule has 7 heteroatoms. The van der Waals surface area contributed by atoms with Gasteiger partial charge in [-0.25, -0.2) is 9.18 Å². The van der Waals surface area contributed by atoms with Crippen LogP contribution in [0.4, 0.5) is 9.18 Å². The first-order chi connectivity index (χ1) is 12.0. The number of hydrogen-bond donors (Lipinski definition) is 3. The Labute approximate surface area is 146 Å². The molecule has 1 unspecified atom stereocenters. The minimum absolute atomic E-state index is 0.0207. The minimum atomic E-state index is -0.905. The molecule has 0 saturated carbocycles. The fraction of sp³-hybridized carbons (Fsp3) is 0.444. The lowest BCUT2D eigenvalue weighted by atomic mass is 9.99. The molecule has 136 valence electrons. The van der Waals surface area contributed by atoms with Crippen molar-refractivity contribution in [3.8, 4) is 0 Å². The topological polar surface area (TPSA) is 87.4 Å². The zero-order chi connectivity index (χ0) is 18.2. The minimum Gasteiger partial charge on any atom is -0.387 e. The summed E-state index contributed by atoms with van der Waals surface area (Å²) in [6.07, 6.45) is 1.06. The molecule has 0 saturated heterocycles. The number of aliphatic hydroxyl groups excluding tert-OH is 1. The first-order valence-electron chi connectivity index (χ1n) is 8.44. The summed E-state index contributed by atoms with van der Waals surface area (Å²) in [4.78, 5) is 11.8. The molecule has 0 aliphatic rings. The highest BCUT2D eigenvalue weighted by Crippen LogP contribution is 2.22. The lowest BCUT2D eigenvalue weighted by molar-refractivity contribution is 0.173. The van der Waals surface area contributed by atoms with Crippen LogP contribution in [0.1, 0.15) is 55.7 Å². The van der Waals surface area contributed by atoms with Crippen LogP contribution in [0.15, 0.2) is 34.9 Å². The Hall–Kier alpha value is -2.41. The summed E-state index contributed by atoms with van der Waals surface area (Å²) >= 11 is 0. The summed E-state index contributed by atoms with van der Waals surface area (Å²) in [5.41, 5.74) is 1.43. The number of rotatable bonds is 8. The second-order valence-electron chi connectivity index (χ2n) is 5.86. The number of hydrogen-bond acceptors (Lipinski definition) is 4. The van der Waals surface area contributed by atoms with Gasteiger partial charge in [0.2, 0.25) is 0 Å². The third kappa shape index (κ3) is 5.56. The van der Waals surface area contributed by atoms with E-state index in [0.717, 1.165) is 18.5 Å². The number of carbonyl (C=O) groups excluding carboxylic acids is 1. The van der Waals surface area contributed by atoms with Gasteiger partial charge in [0.25, 0.3) is 0 Å². The van der Waals surface area contributed by atoms with E-state index in [1.807, 2.05) is 6.07 Å². The van der Waals surface area contributed by atoms with Crippen LogP contribution in [0.2, 0.25) is 0 Å². The lowest BCUT2D eigenvalue weighted by Gasteiger charge is -2.12. The molecule has 0 fully saturated rings. The summed E-state index contributed by atoms with van der Waals surface area (Å²) in [6, 6.07) is 6.91. The number of nitrogens with one attached hydrogen (secondary N) is 2. The lowest BCUT2D eigenvalue weighted by Crippen LogP contribution is -2.37. The van der Waals surface area contributed by atoms with Gasteiger partial charge in [0, 0.05) is 18.5 Å². The predicted octanol–water partition coefficient (Wildman–Crippen LogP) is 3.25. The van der Waals surface area contributed by atoms with Crippen molar-refractivity contribution in [1.82, 2.24) is 15.8 Å². The van der Waals surface area contributed by atoms with E-state index in [0.29, 0.717) is 17.2 Å². The summed E-state index contributed by atoms with van der Waals surface area (Å²) in [5.74, 6) is 0.565. The average molecular weight is 349 g/mol. The molecule has 0 aliphatic heterocycles. The Morgan fingerprint density at radius 2 is 1.92 bits per heavy atom. The summed E-state index contributed by atoms with van der Waals surface area (Å²) in [6.45, 7) is 4.43. The molecule has 1 heterocycles. The van der Waals surface area contributed by atoms with E-state index >= 15 is 0 Å². The third-order valence-electron chi connectivity index (χ3n) is 4.11. The quantitative estimate of drug-likeness (QED) is 0.683. The maximum Gasteiger partial charge on any atom is 0.315 e. The van der Waals surface area contributed by atoms with Crippen molar-refractivity contribution in [1.29, 1.82) is 0 Å². The zero-order valence-corrected chi connectivity index (χ0v) is 14.5. The van der Waals surface area contributed by atoms with Crippen LogP contribution in [0.3, 0.4) is 0 Å². The van der Waals surface area contributed by atoms with Crippen LogP contribution in [0.5, 0.6) is 0 Å². The van der Waals surface area contributed by atoms with E-state index in [9.17, 15) is 14.3 Å². The predicted molar refractivity (Wildman–Crippen MR) is 91.4 cm³/mol. The van der Waals surface area contributed by atoms with Crippen LogP contribution in [-0.2, 0) is 6.54 Å². The Bertz CT molecular complexity index is 668. The van der Waals surface area contributed by atoms with Gasteiger partial charge < -0.3 is 20.3 Å². The monoisotopic (exact) mass is 349 g/mol. The van der Waals surface area contributed by atoms with Crippen molar-refractivity contribution >= 4 is 6.03 Å². The first kappa shape index (κ1) is 18.9. The number of aliphatic hydroxyl groups is 1. The SMILES string of the molecule is CCC(CC)c1cc(CNC(=O)NCC(O)c2ccc(F)cc2)on1. The fourth-order valence-corrected chi connectivity index (χ4v) is 2.53. The second-order valence-corrected chi connectivity index (χ2v) is 5.86. The van der Waals surface area contributed by atoms with Crippen LogP contribution in [0.25, 0.3) is 0 Å². The van der Waals surface area contributed by atoms with Crippen molar-refractivity contribution in [2.24, 2.45) is 0 Å². The molecule has 0 bridgehead atoms. The molecule has 2 amide bonds. The van der Waals surface area contributed by atoms with Gasteiger partial charge in [0.15, 0.2) is 5.76 Å². The standard InChI is InChI=1S/C18H24FN3O3/c1-3-12(4-2)16-9-15(25-22-16)10-20-18(24)21-11-17(23)13-5-7-14(19)8-6-13/h5-9,12,17,23H,3-4,10-11H2,1-2H3,(H2,20,21,24). The van der Waals surface area contributed by atoms with Gasteiger partial charge >= 0.3 is 6.03 Å². The van der Waals surface area contributed by atoms with E-state index in [1.165, 1.54) is 24.3 Å². The number of halogens is 1. The highest BCUT2D eigenvalue weighted by Gasteiger charge is 2.14. The number of urea groups is 1. The smallest absolute Gasteiger partial charge is 0.315 e. The Balaban J connectivity index is 1.76. The second kappa shape index (κ2) is 9.17. The van der Waals surface area contributed by atoms with Gasteiger partial charge in [-0.3, -0.25) is 0 Å². The highest BCUT2D eigenvalue weighted by molar-refractivity contribution is 5.73. The maximum atomic E-state index is 12.8. The summed E-state index contributed by atoms with van der Waals surface area (Å²) in [7, 11) is 0. The van der Waals surface area contributed by atoms with Crippen LogP contribution in [-0.4, -0.2) is 22.8 Å². The van der Waals surface area contributed by atoms with Gasteiger partial charge in [-0.1, -0.05) is 31.1 Å². The van der Waals surface area contributed by atoms with E-state index in [1.54, 1.807) is 0 Å². The van der Waals surface area contributed by atoms with Gasteiger partial charge in [-0.05, 0) is 30.5 Å². The molecule has 1 atom stereocenters. The molecule has 0 spiro atoms. The van der Waals surface area contributed by atoms with Crippen molar-refractivity contribution in [2.45, 2.75) is 45.3 Å². The van der Waals surface area contributed by atoms with E-state index < -0.39 is 12.1 Å². The van der Waals surface area contributed by atoms with Gasteiger partial charge in [-0.15, -0.1) is 0 Å². The van der Waals surface area contributed by atoms with Crippen molar-refractivity contribution in [2.75, 3.05) is 6.54 Å². The van der Waals surface area contributed by atoms with Crippen molar-refractivity contribution in [3.63, 3.8) is 0 Å². The number of nitrogens with zero attached hydrogens (tertiary/aromatic N) is 1. The number of benzene rings is 1. The molecule has 2 rings (SSSR count). The molecular weight excluding hydrogens is 325 g/mol. The third-order valence-corrected chi connectivity index (χ3v) is 4.11. The van der Waals surface area contributed by atoms with Crippen LogP contribution >= 0.6 is 0 Å². The van der Waals surface area contributed by atoms with Gasteiger partial charge in [-0.2, -0.15) is 0 Å². The molecule has 25 heavy (non-hydrogen) atoms. The number of amides is 2. The summed E-state index contributed by atoms with van der Waals surface area (Å²) < 4.78 is 18.1. The highest BCUT2D eigenvalue weighted by atomic mass is 19.1.